The zero-order valence-electron chi connectivity index (χ0n) is 10.8. The van der Waals surface area contributed by atoms with E-state index in [1.807, 2.05) is 42.5 Å². The van der Waals surface area contributed by atoms with Gasteiger partial charge in [-0.3, -0.25) is 9.78 Å². The van der Waals surface area contributed by atoms with Gasteiger partial charge in [-0.15, -0.1) is 0 Å². The molecular weight excluding hydrogens is 270 g/mol. The lowest BCUT2D eigenvalue weighted by Crippen LogP contribution is -2.35. The van der Waals surface area contributed by atoms with Crippen molar-refractivity contribution in [3.8, 4) is 0 Å². The van der Waals surface area contributed by atoms with Crippen LogP contribution < -0.4 is 11.1 Å². The van der Waals surface area contributed by atoms with Crippen molar-refractivity contribution in [1.82, 2.24) is 10.3 Å². The van der Waals surface area contributed by atoms with Crippen LogP contribution in [-0.4, -0.2) is 15.9 Å². The lowest BCUT2D eigenvalue weighted by atomic mass is 9.98. The van der Waals surface area contributed by atoms with E-state index in [9.17, 15) is 4.79 Å². The van der Waals surface area contributed by atoms with Gasteiger partial charge in [0, 0.05) is 18.9 Å². The average molecular weight is 285 g/mol. The number of nitrogens with zero attached hydrogens (tertiary/aromatic N) is 1. The number of nitrogens with one attached hydrogen (secondary N) is 1. The van der Waals surface area contributed by atoms with Crippen molar-refractivity contribution >= 4 is 23.1 Å². The van der Waals surface area contributed by atoms with Crippen LogP contribution in [0.25, 0.3) is 0 Å². The van der Waals surface area contributed by atoms with Crippen molar-refractivity contribution in [2.45, 2.75) is 12.5 Å². The quantitative estimate of drug-likeness (QED) is 0.822. The number of hydrogen-bond donors (Lipinski definition) is 2. The highest BCUT2D eigenvalue weighted by molar-refractivity contribution is 7.80. The Morgan fingerprint density at radius 3 is 2.60 bits per heavy atom. The number of rotatable bonds is 5. The van der Waals surface area contributed by atoms with Crippen LogP contribution in [0.1, 0.15) is 17.0 Å². The summed E-state index contributed by atoms with van der Waals surface area (Å²) in [4.78, 5) is 16.4. The molecule has 0 aliphatic carbocycles. The van der Waals surface area contributed by atoms with Crippen LogP contribution in [0.5, 0.6) is 0 Å². The molecule has 1 aromatic heterocycles. The molecule has 1 atom stereocenters. The predicted molar refractivity (Wildman–Crippen MR) is 82.1 cm³/mol. The Labute approximate surface area is 123 Å². The second kappa shape index (κ2) is 6.77. The van der Waals surface area contributed by atoms with E-state index in [4.69, 9.17) is 18.0 Å². The van der Waals surface area contributed by atoms with Gasteiger partial charge in [-0.1, -0.05) is 48.6 Å². The molecule has 1 amide bonds. The molecular formula is C15H15N3OS. The first-order valence-electron chi connectivity index (χ1n) is 6.19. The average Bonchev–Trinajstić information content (AvgIpc) is 2.47. The summed E-state index contributed by atoms with van der Waals surface area (Å²) in [7, 11) is 0. The van der Waals surface area contributed by atoms with Crippen LogP contribution in [0.3, 0.4) is 0 Å². The van der Waals surface area contributed by atoms with Gasteiger partial charge in [-0.2, -0.15) is 0 Å². The molecule has 0 aliphatic rings. The van der Waals surface area contributed by atoms with Gasteiger partial charge >= 0.3 is 0 Å². The van der Waals surface area contributed by atoms with Crippen LogP contribution >= 0.6 is 12.2 Å². The first-order valence-corrected chi connectivity index (χ1v) is 6.60. The molecule has 5 heteroatoms. The molecule has 102 valence electrons. The molecule has 0 saturated heterocycles. The van der Waals surface area contributed by atoms with Gasteiger partial charge in [0.05, 0.1) is 4.99 Å². The van der Waals surface area contributed by atoms with E-state index >= 15 is 0 Å². The van der Waals surface area contributed by atoms with Crippen molar-refractivity contribution < 1.29 is 4.79 Å². The molecule has 0 bridgehead atoms. The molecule has 1 unspecified atom stereocenters. The Morgan fingerprint density at radius 1 is 1.25 bits per heavy atom. The summed E-state index contributed by atoms with van der Waals surface area (Å²) in [5, 5.41) is 2.83. The Morgan fingerprint density at radius 2 is 2.00 bits per heavy atom. The standard InChI is InChI=1S/C15H15N3OS/c16-14(20)13(12-6-2-1-3-7-12)15(19)18-10-11-5-4-8-17-9-11/h1-9,13H,10H2,(H2,16,20)(H,18,19). The number of nitrogens with two attached hydrogens (primary N) is 1. The molecule has 4 nitrogen and oxygen atoms in total. The van der Waals surface area contributed by atoms with Crippen LogP contribution in [-0.2, 0) is 11.3 Å². The first-order chi connectivity index (χ1) is 9.68. The van der Waals surface area contributed by atoms with Gasteiger partial charge in [0.15, 0.2) is 0 Å². The third-order valence-electron chi connectivity index (χ3n) is 2.87. The summed E-state index contributed by atoms with van der Waals surface area (Å²) in [5.41, 5.74) is 7.42. The molecule has 20 heavy (non-hydrogen) atoms. The maximum Gasteiger partial charge on any atom is 0.234 e. The number of amides is 1. The van der Waals surface area contributed by atoms with Crippen molar-refractivity contribution in [1.29, 1.82) is 0 Å². The SMILES string of the molecule is NC(=S)C(C(=O)NCc1cccnc1)c1ccccc1. The van der Waals surface area contributed by atoms with Crippen molar-refractivity contribution in [3.05, 3.63) is 66.0 Å². The molecule has 2 rings (SSSR count). The van der Waals surface area contributed by atoms with E-state index in [-0.39, 0.29) is 10.9 Å². The highest BCUT2D eigenvalue weighted by atomic mass is 32.1. The smallest absolute Gasteiger partial charge is 0.234 e. The van der Waals surface area contributed by atoms with Gasteiger partial charge in [0.2, 0.25) is 5.91 Å². The number of thiocarbonyl (C=S) groups is 1. The molecule has 0 radical (unpaired) electrons. The summed E-state index contributed by atoms with van der Waals surface area (Å²) < 4.78 is 0. The molecule has 2 aromatic rings. The number of carbonyl (C=O) groups excluding carboxylic acids is 1. The summed E-state index contributed by atoms with van der Waals surface area (Å²) in [6.45, 7) is 0.401. The summed E-state index contributed by atoms with van der Waals surface area (Å²) >= 11 is 5.01. The molecule has 0 aliphatic heterocycles. The largest absolute Gasteiger partial charge is 0.392 e. The summed E-state index contributed by atoms with van der Waals surface area (Å²) in [5.74, 6) is -0.810. The van der Waals surface area contributed by atoms with Gasteiger partial charge < -0.3 is 11.1 Å². The van der Waals surface area contributed by atoms with E-state index in [0.29, 0.717) is 6.54 Å². The number of pyridine rings is 1. The minimum atomic E-state index is -0.608. The van der Waals surface area contributed by atoms with Crippen LogP contribution in [0, 0.1) is 0 Å². The Bertz CT molecular complexity index is 587. The highest BCUT2D eigenvalue weighted by Gasteiger charge is 2.22. The number of carbonyl (C=O) groups is 1. The molecule has 0 saturated carbocycles. The zero-order chi connectivity index (χ0) is 14.4. The van der Waals surface area contributed by atoms with Gasteiger partial charge in [0.25, 0.3) is 0 Å². The Kier molecular flexibility index (Phi) is 4.79. The maximum atomic E-state index is 12.3. The number of hydrogen-bond acceptors (Lipinski definition) is 3. The van der Waals surface area contributed by atoms with Crippen molar-refractivity contribution in [2.75, 3.05) is 0 Å². The second-order valence-corrected chi connectivity index (χ2v) is 4.80. The third-order valence-corrected chi connectivity index (χ3v) is 3.10. The van der Waals surface area contributed by atoms with E-state index < -0.39 is 5.92 Å². The molecule has 0 fully saturated rings. The van der Waals surface area contributed by atoms with E-state index in [1.165, 1.54) is 0 Å². The monoisotopic (exact) mass is 285 g/mol. The van der Waals surface area contributed by atoms with E-state index in [2.05, 4.69) is 10.3 Å². The maximum absolute atomic E-state index is 12.3. The summed E-state index contributed by atoms with van der Waals surface area (Å²) in [6, 6.07) is 13.0. The Hall–Kier alpha value is -2.27. The highest BCUT2D eigenvalue weighted by Crippen LogP contribution is 2.16. The first kappa shape index (κ1) is 14.1. The lowest BCUT2D eigenvalue weighted by Gasteiger charge is -2.15. The van der Waals surface area contributed by atoms with Crippen LogP contribution in [0.4, 0.5) is 0 Å². The van der Waals surface area contributed by atoms with Gasteiger partial charge in [-0.25, -0.2) is 0 Å². The van der Waals surface area contributed by atoms with Crippen LogP contribution in [0.2, 0.25) is 0 Å². The molecule has 3 N–H and O–H groups in total. The van der Waals surface area contributed by atoms with E-state index in [1.54, 1.807) is 12.4 Å². The predicted octanol–water partition coefficient (Wildman–Crippen LogP) is 1.77. The van der Waals surface area contributed by atoms with Crippen LogP contribution in [0.15, 0.2) is 54.9 Å². The minimum absolute atomic E-state index is 0.167. The van der Waals surface area contributed by atoms with Crippen molar-refractivity contribution in [2.24, 2.45) is 5.73 Å². The number of benzene rings is 1. The fourth-order valence-corrected chi connectivity index (χ4v) is 2.13. The third kappa shape index (κ3) is 3.61. The topological polar surface area (TPSA) is 68.0 Å². The number of aromatic nitrogens is 1. The fourth-order valence-electron chi connectivity index (χ4n) is 1.88. The molecule has 1 aromatic carbocycles. The molecule has 1 heterocycles. The van der Waals surface area contributed by atoms with E-state index in [0.717, 1.165) is 11.1 Å². The lowest BCUT2D eigenvalue weighted by molar-refractivity contribution is -0.121. The van der Waals surface area contributed by atoms with Crippen molar-refractivity contribution in [3.63, 3.8) is 0 Å². The Balaban J connectivity index is 2.07. The van der Waals surface area contributed by atoms with Gasteiger partial charge in [0.1, 0.15) is 5.92 Å². The van der Waals surface area contributed by atoms with Gasteiger partial charge in [-0.05, 0) is 17.2 Å². The fraction of sp³-hybridized carbons (Fsp3) is 0.133. The second-order valence-electron chi connectivity index (χ2n) is 4.33. The molecule has 0 spiro atoms. The normalized spacial score (nSPS) is 11.6. The summed E-state index contributed by atoms with van der Waals surface area (Å²) in [6.07, 6.45) is 3.39. The minimum Gasteiger partial charge on any atom is -0.392 e. The zero-order valence-corrected chi connectivity index (χ0v) is 11.6.